The first kappa shape index (κ1) is 21.0. The highest BCUT2D eigenvalue weighted by Gasteiger charge is 2.61. The van der Waals surface area contributed by atoms with Crippen molar-refractivity contribution in [2.45, 2.75) is 42.9 Å². The number of alkyl halides is 3. The summed E-state index contributed by atoms with van der Waals surface area (Å²) in [6, 6.07) is 0.121. The average molecular weight is 455 g/mol. The van der Waals surface area contributed by atoms with Crippen molar-refractivity contribution in [3.05, 3.63) is 33.9 Å². The van der Waals surface area contributed by atoms with Gasteiger partial charge in [0.2, 0.25) is 5.43 Å². The van der Waals surface area contributed by atoms with Crippen molar-refractivity contribution in [2.24, 2.45) is 11.7 Å². The molecule has 0 bridgehead atoms. The molecule has 0 amide bonds. The van der Waals surface area contributed by atoms with Gasteiger partial charge in [-0.1, -0.05) is 0 Å². The number of pyridine rings is 1. The van der Waals surface area contributed by atoms with Crippen molar-refractivity contribution in [3.8, 4) is 5.75 Å². The molecule has 3 fully saturated rings. The largest absolute Gasteiger partial charge is 0.492 e. The van der Waals surface area contributed by atoms with Crippen LogP contribution in [0.15, 0.2) is 17.1 Å². The van der Waals surface area contributed by atoms with E-state index in [-0.39, 0.29) is 54.7 Å². The maximum Gasteiger partial charge on any atom is 0.341 e. The molecule has 5 rings (SSSR count). The van der Waals surface area contributed by atoms with Gasteiger partial charge in [-0.3, -0.25) is 4.79 Å². The van der Waals surface area contributed by atoms with Gasteiger partial charge in [0.15, 0.2) is 11.6 Å². The number of benzene rings is 1. The number of hydrogen-bond acceptors (Lipinski definition) is 5. The number of nitrogens with two attached hydrogens (primary N) is 1. The molecule has 3 N–H and O–H groups in total. The number of anilines is 1. The first-order chi connectivity index (χ1) is 15.0. The number of ether oxygens (including phenoxy) is 1. The molecule has 3 aliphatic rings. The Bertz CT molecular complexity index is 1220. The van der Waals surface area contributed by atoms with Crippen molar-refractivity contribution in [1.82, 2.24) is 4.57 Å². The number of halogens is 4. The molecule has 7 nitrogen and oxygen atoms in total. The van der Waals surface area contributed by atoms with Crippen molar-refractivity contribution in [1.29, 1.82) is 0 Å². The number of carboxylic acid groups (broad SMARTS) is 1. The number of fused-ring (bicyclic) bond motifs is 2. The van der Waals surface area contributed by atoms with Gasteiger partial charge >= 0.3 is 5.97 Å². The second-order valence-electron chi connectivity index (χ2n) is 8.97. The molecule has 2 aromatic rings. The molecule has 1 saturated heterocycles. The minimum Gasteiger partial charge on any atom is -0.492 e. The minimum absolute atomic E-state index is 0.0268. The number of carbonyl (C=O) groups is 1. The predicted molar refractivity (Wildman–Crippen MR) is 107 cm³/mol. The molecule has 1 aliphatic heterocycles. The maximum absolute atomic E-state index is 15.3. The standard InChI is InChI=1S/C21H21F4N3O4/c1-32-18-15-9(17(29)10(19(30)31)6-28(15)13-5-11(13)22)4-12(23)16(18)27-7-14-20(26,8-27)2-3-21(14,24)25/h4,6,11,13-14H,2-3,5,7-8,26H2,1H3,(H,30,31)/t11-,13+,14+,20+/m0/s1. The van der Waals surface area contributed by atoms with Crippen LogP contribution in [0, 0.1) is 11.7 Å². The Kier molecular flexibility index (Phi) is 4.34. The maximum atomic E-state index is 15.3. The van der Waals surface area contributed by atoms with E-state index in [4.69, 9.17) is 10.5 Å². The summed E-state index contributed by atoms with van der Waals surface area (Å²) in [6.45, 7) is -0.256. The van der Waals surface area contributed by atoms with Crippen LogP contribution < -0.4 is 20.8 Å². The molecular weight excluding hydrogens is 434 g/mol. The van der Waals surface area contributed by atoms with E-state index in [1.54, 1.807) is 0 Å². The quantitative estimate of drug-likeness (QED) is 0.689. The Labute approximate surface area is 179 Å². The normalized spacial score (nSPS) is 30.6. The fourth-order valence-electron chi connectivity index (χ4n) is 5.27. The Balaban J connectivity index is 1.74. The van der Waals surface area contributed by atoms with Crippen LogP contribution in [-0.2, 0) is 0 Å². The number of methoxy groups -OCH3 is 1. The zero-order valence-electron chi connectivity index (χ0n) is 17.1. The lowest BCUT2D eigenvalue weighted by atomic mass is 9.91. The Morgan fingerprint density at radius 1 is 1.34 bits per heavy atom. The average Bonchev–Trinajstić information content (AvgIpc) is 3.26. The number of aromatic nitrogens is 1. The van der Waals surface area contributed by atoms with Crippen LogP contribution in [0.3, 0.4) is 0 Å². The van der Waals surface area contributed by atoms with E-state index >= 15 is 4.39 Å². The first-order valence-electron chi connectivity index (χ1n) is 10.2. The van der Waals surface area contributed by atoms with Crippen LogP contribution >= 0.6 is 0 Å². The van der Waals surface area contributed by atoms with Crippen LogP contribution in [0.1, 0.15) is 35.7 Å². The summed E-state index contributed by atoms with van der Waals surface area (Å²) in [4.78, 5) is 25.7. The number of rotatable bonds is 4. The van der Waals surface area contributed by atoms with E-state index in [0.717, 1.165) is 12.3 Å². The summed E-state index contributed by atoms with van der Waals surface area (Å²) >= 11 is 0. The van der Waals surface area contributed by atoms with Crippen molar-refractivity contribution in [3.63, 3.8) is 0 Å². The van der Waals surface area contributed by atoms with E-state index in [1.165, 1.54) is 16.6 Å². The summed E-state index contributed by atoms with van der Waals surface area (Å²) in [5.41, 5.74) is 3.36. The highest BCUT2D eigenvalue weighted by molar-refractivity contribution is 5.97. The molecule has 32 heavy (non-hydrogen) atoms. The Morgan fingerprint density at radius 3 is 2.59 bits per heavy atom. The van der Waals surface area contributed by atoms with Gasteiger partial charge in [-0.15, -0.1) is 0 Å². The van der Waals surface area contributed by atoms with Gasteiger partial charge in [0.05, 0.1) is 30.0 Å². The van der Waals surface area contributed by atoms with E-state index in [2.05, 4.69) is 0 Å². The van der Waals surface area contributed by atoms with Gasteiger partial charge in [0, 0.05) is 37.7 Å². The summed E-state index contributed by atoms with van der Waals surface area (Å²) in [7, 11) is 1.22. The zero-order chi connectivity index (χ0) is 23.2. The van der Waals surface area contributed by atoms with Crippen molar-refractivity contribution >= 4 is 22.6 Å². The summed E-state index contributed by atoms with van der Waals surface area (Å²) in [5.74, 6) is -6.76. The molecule has 0 spiro atoms. The molecular formula is C21H21F4N3O4. The van der Waals surface area contributed by atoms with Crippen LogP contribution in [0.2, 0.25) is 0 Å². The van der Waals surface area contributed by atoms with Crippen LogP contribution in [0.4, 0.5) is 23.2 Å². The Hall–Kier alpha value is -2.82. The summed E-state index contributed by atoms with van der Waals surface area (Å²) < 4.78 is 64.8. The highest BCUT2D eigenvalue weighted by Crippen LogP contribution is 2.52. The SMILES string of the molecule is COc1c(N2C[C@H]3C(F)(F)CC[C@@]3(N)C2)c(F)cc2c(=O)c(C(=O)O)cn([C@@H]3C[C@@H]3F)c12. The summed E-state index contributed by atoms with van der Waals surface area (Å²) in [5, 5.41) is 9.10. The zero-order valence-corrected chi connectivity index (χ0v) is 17.1. The van der Waals surface area contributed by atoms with Gasteiger partial charge in [0.1, 0.15) is 17.4 Å². The highest BCUT2D eigenvalue weighted by atomic mass is 19.3. The number of hydrogen-bond donors (Lipinski definition) is 2. The molecule has 2 heterocycles. The molecule has 4 atom stereocenters. The lowest BCUT2D eigenvalue weighted by molar-refractivity contribution is -0.0377. The van der Waals surface area contributed by atoms with Gasteiger partial charge in [-0.25, -0.2) is 22.4 Å². The van der Waals surface area contributed by atoms with E-state index in [1.807, 2.05) is 0 Å². The van der Waals surface area contributed by atoms with Gasteiger partial charge in [0.25, 0.3) is 5.92 Å². The van der Waals surface area contributed by atoms with Crippen LogP contribution in [0.25, 0.3) is 10.9 Å². The van der Waals surface area contributed by atoms with Gasteiger partial charge < -0.3 is 25.0 Å². The third-order valence-corrected chi connectivity index (χ3v) is 7.00. The van der Waals surface area contributed by atoms with Crippen molar-refractivity contribution < 1.29 is 32.2 Å². The van der Waals surface area contributed by atoms with Crippen LogP contribution in [0.5, 0.6) is 5.75 Å². The minimum atomic E-state index is -2.99. The molecule has 0 unspecified atom stereocenters. The van der Waals surface area contributed by atoms with E-state index < -0.39 is 52.4 Å². The van der Waals surface area contributed by atoms with Crippen LogP contribution in [-0.4, -0.2) is 53.5 Å². The van der Waals surface area contributed by atoms with E-state index in [9.17, 15) is 27.9 Å². The second-order valence-corrected chi connectivity index (χ2v) is 8.97. The third-order valence-electron chi connectivity index (χ3n) is 7.00. The molecule has 1 aromatic carbocycles. The molecule has 1 aromatic heterocycles. The number of aromatic carboxylic acids is 1. The smallest absolute Gasteiger partial charge is 0.341 e. The lowest BCUT2D eigenvalue weighted by Gasteiger charge is -2.26. The molecule has 172 valence electrons. The molecule has 2 saturated carbocycles. The monoisotopic (exact) mass is 455 g/mol. The molecule has 11 heteroatoms. The first-order valence-corrected chi connectivity index (χ1v) is 10.2. The fourth-order valence-corrected chi connectivity index (χ4v) is 5.27. The third kappa shape index (κ3) is 2.83. The second kappa shape index (κ2) is 6.60. The predicted octanol–water partition coefficient (Wildman–Crippen LogP) is 2.69. The van der Waals surface area contributed by atoms with Crippen molar-refractivity contribution in [2.75, 3.05) is 25.1 Å². The lowest BCUT2D eigenvalue weighted by Crippen LogP contribution is -2.47. The van der Waals surface area contributed by atoms with Gasteiger partial charge in [-0.2, -0.15) is 0 Å². The Morgan fingerprint density at radius 2 is 2.03 bits per heavy atom. The fraction of sp³-hybridized carbons (Fsp3) is 0.524. The summed E-state index contributed by atoms with van der Waals surface area (Å²) in [6.07, 6.45) is -0.402. The molecule has 0 radical (unpaired) electrons. The number of carboxylic acids is 1. The van der Waals surface area contributed by atoms with Gasteiger partial charge in [-0.05, 0) is 12.5 Å². The molecule has 2 aliphatic carbocycles. The van der Waals surface area contributed by atoms with E-state index in [0.29, 0.717) is 0 Å². The number of nitrogens with zero attached hydrogens (tertiary/aromatic N) is 2. The topological polar surface area (TPSA) is 97.8 Å².